The number of methoxy groups -OCH3 is 2. The smallest absolute Gasteiger partial charge is 0.258 e. The maximum Gasteiger partial charge on any atom is 0.258 e. The minimum atomic E-state index is -2.79. The van der Waals surface area contributed by atoms with E-state index in [1.165, 1.54) is 0 Å². The summed E-state index contributed by atoms with van der Waals surface area (Å²) in [5, 5.41) is 0. The molecule has 1 aromatic heterocycles. The zero-order valence-corrected chi connectivity index (χ0v) is 22.0. The maximum absolute atomic E-state index is 14.3. The molecule has 0 bridgehead atoms. The molecule has 0 aliphatic carbocycles. The first kappa shape index (κ1) is 27.5. The van der Waals surface area contributed by atoms with Crippen molar-refractivity contribution in [3.63, 3.8) is 0 Å². The van der Waals surface area contributed by atoms with Crippen molar-refractivity contribution in [1.82, 2.24) is 9.71 Å². The van der Waals surface area contributed by atoms with Gasteiger partial charge in [0.1, 0.15) is 23.4 Å². The third-order valence-corrected chi connectivity index (χ3v) is 7.14. The Morgan fingerprint density at radius 1 is 0.917 bits per heavy atom. The molecule has 0 saturated heterocycles. The second-order valence-electron chi connectivity index (χ2n) is 9.28. The van der Waals surface area contributed by atoms with E-state index in [1.54, 1.807) is 53.3 Å². The normalized spacial score (nSPS) is 13.3. The number of nitrogens with one attached hydrogen (secondary N) is 1. The van der Waals surface area contributed by atoms with Gasteiger partial charge in [-0.15, -0.1) is 0 Å². The molecule has 0 radical (unpaired) electrons. The van der Waals surface area contributed by atoms with Gasteiger partial charge >= 0.3 is 0 Å². The van der Waals surface area contributed by atoms with Crippen molar-refractivity contribution in [2.24, 2.45) is 0 Å². The summed E-state index contributed by atoms with van der Waals surface area (Å²) in [7, 11) is 1.51. The van der Waals surface area contributed by atoms with E-state index < -0.39 is 28.2 Å². The molecule has 9 heteroatoms. The van der Waals surface area contributed by atoms with Crippen LogP contribution in [0.1, 0.15) is 43.5 Å². The lowest BCUT2D eigenvalue weighted by Crippen LogP contribution is -2.39. The predicted molar refractivity (Wildman–Crippen MR) is 140 cm³/mol. The summed E-state index contributed by atoms with van der Waals surface area (Å²) in [5.41, 5.74) is 2.20. The van der Waals surface area contributed by atoms with Crippen molar-refractivity contribution in [3.05, 3.63) is 83.6 Å². The molecule has 0 amide bonds. The van der Waals surface area contributed by atoms with Crippen LogP contribution in [0.4, 0.5) is 14.6 Å². The van der Waals surface area contributed by atoms with Gasteiger partial charge in [-0.2, -0.15) is 0 Å². The number of hydrogen-bond donors (Lipinski definition) is 1. The summed E-state index contributed by atoms with van der Waals surface area (Å²) in [6.45, 7) is 6.05. The minimum absolute atomic E-state index is 0.284. The Labute approximate surface area is 214 Å². The number of anilines is 1. The van der Waals surface area contributed by atoms with E-state index in [4.69, 9.17) is 9.47 Å². The largest absolute Gasteiger partial charge is 0.497 e. The number of benzene rings is 2. The van der Waals surface area contributed by atoms with Crippen LogP contribution in [-0.4, -0.2) is 34.6 Å². The summed E-state index contributed by atoms with van der Waals surface area (Å²) in [6, 6.07) is 16.9. The van der Waals surface area contributed by atoms with Crippen molar-refractivity contribution in [1.29, 1.82) is 0 Å². The highest BCUT2D eigenvalue weighted by Gasteiger charge is 2.32. The number of rotatable bonds is 11. The molecule has 0 aliphatic rings. The van der Waals surface area contributed by atoms with Crippen LogP contribution in [-0.2, 0) is 24.1 Å². The fourth-order valence-electron chi connectivity index (χ4n) is 3.57. The Morgan fingerprint density at radius 2 is 1.42 bits per heavy atom. The molecule has 0 fully saturated rings. The molecule has 0 saturated carbocycles. The van der Waals surface area contributed by atoms with Gasteiger partial charge in [0.15, 0.2) is 0 Å². The minimum Gasteiger partial charge on any atom is -0.497 e. The Kier molecular flexibility index (Phi) is 9.39. The van der Waals surface area contributed by atoms with Crippen molar-refractivity contribution < 1.29 is 22.5 Å². The van der Waals surface area contributed by atoms with Gasteiger partial charge in [0, 0.05) is 24.8 Å². The molecule has 3 aromatic rings. The van der Waals surface area contributed by atoms with Gasteiger partial charge in [-0.05, 0) is 62.2 Å². The van der Waals surface area contributed by atoms with E-state index in [0.29, 0.717) is 18.9 Å². The number of pyridine rings is 1. The van der Waals surface area contributed by atoms with Crippen LogP contribution in [0.15, 0.2) is 66.9 Å². The highest BCUT2D eigenvalue weighted by atomic mass is 32.2. The van der Waals surface area contributed by atoms with E-state index in [-0.39, 0.29) is 5.56 Å². The molecule has 0 spiro atoms. The predicted octanol–water partition coefficient (Wildman–Crippen LogP) is 5.66. The second kappa shape index (κ2) is 12.3. The quantitative estimate of drug-likeness (QED) is 0.355. The van der Waals surface area contributed by atoms with Gasteiger partial charge in [-0.25, -0.2) is 22.7 Å². The molecule has 2 atom stereocenters. The van der Waals surface area contributed by atoms with Crippen molar-refractivity contribution >= 4 is 16.8 Å². The number of ether oxygens (including phenoxy) is 2. The zero-order valence-electron chi connectivity index (χ0n) is 21.2. The van der Waals surface area contributed by atoms with E-state index >= 15 is 0 Å². The van der Waals surface area contributed by atoms with Gasteiger partial charge in [0.05, 0.1) is 30.0 Å². The number of hydrogen-bond acceptors (Lipinski definition) is 5. The summed E-state index contributed by atoms with van der Waals surface area (Å²) in [4.78, 5) is 6.46. The van der Waals surface area contributed by atoms with Crippen molar-refractivity contribution in [2.45, 2.75) is 51.1 Å². The molecule has 2 aromatic carbocycles. The molecule has 0 unspecified atom stereocenters. The molecule has 6 nitrogen and oxygen atoms in total. The van der Waals surface area contributed by atoms with E-state index in [2.05, 4.69) is 9.71 Å². The lowest BCUT2D eigenvalue weighted by Gasteiger charge is -2.30. The van der Waals surface area contributed by atoms with Gasteiger partial charge in [0.25, 0.3) is 6.43 Å². The first-order valence-electron chi connectivity index (χ1n) is 11.5. The molecular formula is C27H33F2N3O3S. The lowest BCUT2D eigenvalue weighted by atomic mass is 10.1. The van der Waals surface area contributed by atoms with Crippen LogP contribution in [0, 0.1) is 0 Å². The van der Waals surface area contributed by atoms with Crippen LogP contribution in [0.2, 0.25) is 0 Å². The Hall–Kier alpha value is -3.04. The highest BCUT2D eigenvalue weighted by molar-refractivity contribution is 7.84. The van der Waals surface area contributed by atoms with Gasteiger partial charge < -0.3 is 14.4 Å². The van der Waals surface area contributed by atoms with Gasteiger partial charge in [-0.3, -0.25) is 0 Å². The third kappa shape index (κ3) is 7.24. The van der Waals surface area contributed by atoms with Crippen LogP contribution < -0.4 is 19.1 Å². The van der Waals surface area contributed by atoms with Crippen LogP contribution in [0.25, 0.3) is 0 Å². The van der Waals surface area contributed by atoms with E-state index in [1.807, 2.05) is 53.4 Å². The molecule has 3 rings (SSSR count). The fraction of sp³-hybridized carbons (Fsp3) is 0.370. The standard InChI is InChI=1S/C27H33F2N3O3S/c1-27(2,3)36(33)31-24(25(28)29)23-7-6-16-30-26(23)32(17-19-8-12-21(34-4)13-9-19)18-20-10-14-22(35-5)15-11-20/h6-16,24-25,31H,17-18H2,1-5H3/t24-,36-/m0/s1. The average molecular weight is 518 g/mol. The third-order valence-electron chi connectivity index (χ3n) is 5.56. The van der Waals surface area contributed by atoms with Crippen LogP contribution in [0.3, 0.4) is 0 Å². The molecule has 1 N–H and O–H groups in total. The monoisotopic (exact) mass is 517 g/mol. The summed E-state index contributed by atoms with van der Waals surface area (Å²) in [6.07, 6.45) is -1.21. The van der Waals surface area contributed by atoms with E-state index in [9.17, 15) is 13.0 Å². The summed E-state index contributed by atoms with van der Waals surface area (Å²) < 4.78 is 53.9. The first-order chi connectivity index (χ1) is 17.1. The van der Waals surface area contributed by atoms with Crippen LogP contribution >= 0.6 is 0 Å². The molecule has 1 heterocycles. The SMILES string of the molecule is COc1ccc(CN(Cc2ccc(OC)cc2)c2ncccc2[C@H](N[S@@](=O)C(C)(C)C)C(F)F)cc1. The maximum atomic E-state index is 14.3. The molecular weight excluding hydrogens is 484 g/mol. The van der Waals surface area contributed by atoms with Gasteiger partial charge in [-0.1, -0.05) is 30.3 Å². The van der Waals surface area contributed by atoms with Crippen molar-refractivity contribution in [2.75, 3.05) is 19.1 Å². The molecule has 36 heavy (non-hydrogen) atoms. The summed E-state index contributed by atoms with van der Waals surface area (Å²) in [5.74, 6) is 1.85. The van der Waals surface area contributed by atoms with Crippen molar-refractivity contribution in [3.8, 4) is 11.5 Å². The zero-order chi connectivity index (χ0) is 26.3. The summed E-state index contributed by atoms with van der Waals surface area (Å²) >= 11 is 0. The molecule has 0 aliphatic heterocycles. The topological polar surface area (TPSA) is 63.7 Å². The Morgan fingerprint density at radius 3 is 1.83 bits per heavy atom. The Balaban J connectivity index is 2.02. The number of aromatic nitrogens is 1. The molecule has 194 valence electrons. The number of alkyl halides is 2. The second-order valence-corrected chi connectivity index (χ2v) is 11.3. The van der Waals surface area contributed by atoms with Gasteiger partial charge in [0.2, 0.25) is 0 Å². The number of nitrogens with zero attached hydrogens (tertiary/aromatic N) is 2. The fourth-order valence-corrected chi connectivity index (χ4v) is 4.38. The van der Waals surface area contributed by atoms with E-state index in [0.717, 1.165) is 22.6 Å². The van der Waals surface area contributed by atoms with Crippen LogP contribution in [0.5, 0.6) is 11.5 Å². The highest BCUT2D eigenvalue weighted by Crippen LogP contribution is 2.32. The average Bonchev–Trinajstić information content (AvgIpc) is 2.87. The number of halogens is 2. The first-order valence-corrected chi connectivity index (χ1v) is 12.7. The lowest BCUT2D eigenvalue weighted by molar-refractivity contribution is 0.109. The Bertz CT molecular complexity index is 1090.